The first-order valence-corrected chi connectivity index (χ1v) is 17.2. The Kier molecular flexibility index (Phi) is 10.9. The van der Waals surface area contributed by atoms with E-state index >= 15 is 0 Å². The number of hydrogen-bond donors (Lipinski definition) is 2. The average molecular weight is 646 g/mol. The third kappa shape index (κ3) is 7.46. The summed E-state index contributed by atoms with van der Waals surface area (Å²) in [4.78, 5) is 37.1. The van der Waals surface area contributed by atoms with Gasteiger partial charge in [-0.15, -0.1) is 0 Å². The molecule has 0 aliphatic heterocycles. The van der Waals surface area contributed by atoms with Gasteiger partial charge in [-0.3, -0.25) is 9.59 Å². The van der Waals surface area contributed by atoms with Crippen LogP contribution in [0.2, 0.25) is 0 Å². The molecule has 1 atom stereocenters. The second kappa shape index (κ2) is 15.8. The fraction of sp³-hybridized carbons (Fsp3) is 0.341. The zero-order valence-corrected chi connectivity index (χ0v) is 27.2. The Morgan fingerprint density at radius 1 is 0.562 bits per heavy atom. The van der Waals surface area contributed by atoms with Crippen molar-refractivity contribution in [2.24, 2.45) is 5.92 Å². The van der Waals surface area contributed by atoms with Gasteiger partial charge in [-0.2, -0.15) is 0 Å². The van der Waals surface area contributed by atoms with Crippen molar-refractivity contribution in [2.45, 2.75) is 63.2 Å². The summed E-state index contributed by atoms with van der Waals surface area (Å²) in [6.45, 7) is 1.01. The number of aliphatic carboxylic acids is 1. The molecule has 0 saturated heterocycles. The van der Waals surface area contributed by atoms with Gasteiger partial charge in [0.15, 0.2) is 5.92 Å². The van der Waals surface area contributed by atoms with Gasteiger partial charge in [0.05, 0.1) is 0 Å². The number of hydrogen-bond acceptors (Lipinski definition) is 5. The SMILES string of the molecule is O=C(NCCCCCCCCCC(C(=O)O)C(=O)OCC1c2ccccc2-c2ccccc21)OCC1c2ccccc2-c2ccccc21. The smallest absolute Gasteiger partial charge is 0.407 e. The Morgan fingerprint density at radius 2 is 0.958 bits per heavy atom. The molecule has 0 aromatic heterocycles. The first kappa shape index (κ1) is 33.0. The standard InChI is InChI=1S/C41H43NO6/c43-39(44)36(40(45)47-26-37-32-20-11-7-16-28(32)29-17-8-12-21-33(29)37)24-6-4-2-1-3-5-15-25-42-41(46)48-27-38-34-22-13-9-18-30(34)31-19-10-14-23-35(31)38/h7-14,16-23,36-38H,1-6,15,24-27H2,(H,42,46)(H,43,44). The van der Waals surface area contributed by atoms with Crippen LogP contribution in [0.25, 0.3) is 22.3 Å². The van der Waals surface area contributed by atoms with Crippen molar-refractivity contribution in [1.29, 1.82) is 0 Å². The number of ether oxygens (including phenoxy) is 2. The molecule has 0 heterocycles. The molecule has 4 aromatic carbocycles. The van der Waals surface area contributed by atoms with Crippen LogP contribution in [0.1, 0.15) is 85.5 Å². The highest BCUT2D eigenvalue weighted by Gasteiger charge is 2.32. The molecular weight excluding hydrogens is 602 g/mol. The molecule has 7 heteroatoms. The summed E-state index contributed by atoms with van der Waals surface area (Å²) in [7, 11) is 0. The normalized spacial score (nSPS) is 13.6. The van der Waals surface area contributed by atoms with Crippen LogP contribution < -0.4 is 5.32 Å². The summed E-state index contributed by atoms with van der Waals surface area (Å²) in [5.74, 6) is -2.98. The second-order valence-electron chi connectivity index (χ2n) is 12.8. The molecule has 6 rings (SSSR count). The van der Waals surface area contributed by atoms with Gasteiger partial charge in [-0.05, 0) is 57.3 Å². The maximum atomic E-state index is 12.8. The molecule has 0 spiro atoms. The molecule has 0 radical (unpaired) electrons. The molecular formula is C41H43NO6. The van der Waals surface area contributed by atoms with Crippen LogP contribution >= 0.6 is 0 Å². The molecule has 0 saturated carbocycles. The highest BCUT2D eigenvalue weighted by molar-refractivity contribution is 5.94. The van der Waals surface area contributed by atoms with Crippen molar-refractivity contribution in [2.75, 3.05) is 19.8 Å². The van der Waals surface area contributed by atoms with E-state index in [9.17, 15) is 19.5 Å². The number of carboxylic acids is 1. The van der Waals surface area contributed by atoms with Gasteiger partial charge in [0, 0.05) is 18.4 Å². The van der Waals surface area contributed by atoms with E-state index in [1.165, 1.54) is 22.3 Å². The minimum Gasteiger partial charge on any atom is -0.481 e. The van der Waals surface area contributed by atoms with Gasteiger partial charge >= 0.3 is 18.0 Å². The maximum Gasteiger partial charge on any atom is 0.407 e. The zero-order chi connectivity index (χ0) is 33.3. The van der Waals surface area contributed by atoms with Gasteiger partial charge < -0.3 is 19.9 Å². The Morgan fingerprint density at radius 3 is 1.42 bits per heavy atom. The number of nitrogens with one attached hydrogen (secondary N) is 1. The van der Waals surface area contributed by atoms with E-state index in [1.807, 2.05) is 60.7 Å². The first-order chi connectivity index (χ1) is 23.5. The van der Waals surface area contributed by atoms with Crippen LogP contribution in [-0.4, -0.2) is 42.9 Å². The number of benzene rings is 4. The minimum absolute atomic E-state index is 0.0489. The molecule has 7 nitrogen and oxygen atoms in total. The second-order valence-corrected chi connectivity index (χ2v) is 12.8. The number of rotatable bonds is 16. The van der Waals surface area contributed by atoms with Crippen molar-refractivity contribution in [1.82, 2.24) is 5.32 Å². The van der Waals surface area contributed by atoms with Gasteiger partial charge in [0.1, 0.15) is 13.2 Å². The fourth-order valence-corrected chi connectivity index (χ4v) is 7.24. The summed E-state index contributed by atoms with van der Waals surface area (Å²) in [5.41, 5.74) is 9.28. The number of unbranched alkanes of at least 4 members (excludes halogenated alkanes) is 6. The summed E-state index contributed by atoms with van der Waals surface area (Å²) in [5, 5.41) is 12.6. The molecule has 0 bridgehead atoms. The molecule has 1 amide bonds. The molecule has 1 unspecified atom stereocenters. The van der Waals surface area contributed by atoms with E-state index in [0.29, 0.717) is 19.6 Å². The predicted octanol–water partition coefficient (Wildman–Crippen LogP) is 8.70. The van der Waals surface area contributed by atoms with E-state index in [2.05, 4.69) is 41.7 Å². The van der Waals surface area contributed by atoms with Crippen LogP contribution in [0, 0.1) is 5.92 Å². The Balaban J connectivity index is 0.830. The molecule has 248 valence electrons. The van der Waals surface area contributed by atoms with Gasteiger partial charge in [-0.1, -0.05) is 136 Å². The predicted molar refractivity (Wildman–Crippen MR) is 186 cm³/mol. The van der Waals surface area contributed by atoms with E-state index in [4.69, 9.17) is 9.47 Å². The number of carboxylic acid groups (broad SMARTS) is 1. The summed E-state index contributed by atoms with van der Waals surface area (Å²) in [6, 6.07) is 32.8. The lowest BCUT2D eigenvalue weighted by Crippen LogP contribution is -2.27. The topological polar surface area (TPSA) is 102 Å². The van der Waals surface area contributed by atoms with Crippen LogP contribution in [0.4, 0.5) is 4.79 Å². The monoisotopic (exact) mass is 645 g/mol. The van der Waals surface area contributed by atoms with Crippen LogP contribution in [0.5, 0.6) is 0 Å². The molecule has 2 aliphatic carbocycles. The third-order valence-electron chi connectivity index (χ3n) is 9.72. The zero-order valence-electron chi connectivity index (χ0n) is 27.2. The number of fused-ring (bicyclic) bond motifs is 6. The average Bonchev–Trinajstić information content (AvgIpc) is 3.61. The molecule has 0 fully saturated rings. The number of amides is 1. The van der Waals surface area contributed by atoms with E-state index in [1.54, 1.807) is 0 Å². The van der Waals surface area contributed by atoms with Crippen molar-refractivity contribution in [3.63, 3.8) is 0 Å². The van der Waals surface area contributed by atoms with Gasteiger partial charge in [-0.25, -0.2) is 4.79 Å². The quantitative estimate of drug-likeness (QED) is 0.0718. The van der Waals surface area contributed by atoms with Crippen molar-refractivity contribution >= 4 is 18.0 Å². The highest BCUT2D eigenvalue weighted by atomic mass is 16.5. The number of carbonyl (C=O) groups excluding carboxylic acids is 2. The molecule has 2 N–H and O–H groups in total. The Labute approximate surface area is 282 Å². The lowest BCUT2D eigenvalue weighted by atomic mass is 9.97. The van der Waals surface area contributed by atoms with Crippen LogP contribution in [0.3, 0.4) is 0 Å². The van der Waals surface area contributed by atoms with Crippen molar-refractivity contribution < 1.29 is 29.0 Å². The van der Waals surface area contributed by atoms with Gasteiger partial charge in [0.25, 0.3) is 0 Å². The number of carbonyl (C=O) groups is 3. The third-order valence-corrected chi connectivity index (χ3v) is 9.72. The van der Waals surface area contributed by atoms with E-state index < -0.39 is 17.9 Å². The highest BCUT2D eigenvalue weighted by Crippen LogP contribution is 2.45. The summed E-state index contributed by atoms with van der Waals surface area (Å²) in [6.07, 6.45) is 6.28. The van der Waals surface area contributed by atoms with Crippen LogP contribution in [-0.2, 0) is 19.1 Å². The molecule has 4 aromatic rings. The minimum atomic E-state index is -1.15. The number of alkyl carbamates (subject to hydrolysis) is 1. The maximum absolute atomic E-state index is 12.8. The van der Waals surface area contributed by atoms with Crippen LogP contribution in [0.15, 0.2) is 97.1 Å². The van der Waals surface area contributed by atoms with E-state index in [-0.39, 0.29) is 31.0 Å². The van der Waals surface area contributed by atoms with Gasteiger partial charge in [0.2, 0.25) is 0 Å². The largest absolute Gasteiger partial charge is 0.481 e. The lowest BCUT2D eigenvalue weighted by molar-refractivity contribution is -0.159. The summed E-state index contributed by atoms with van der Waals surface area (Å²) < 4.78 is 11.2. The van der Waals surface area contributed by atoms with Crippen molar-refractivity contribution in [3.05, 3.63) is 119 Å². The number of esters is 1. The lowest BCUT2D eigenvalue weighted by Gasteiger charge is -2.17. The Bertz CT molecular complexity index is 1660. The van der Waals surface area contributed by atoms with Crippen molar-refractivity contribution in [3.8, 4) is 22.3 Å². The Hall–Kier alpha value is -4.91. The molecule has 48 heavy (non-hydrogen) atoms. The fourth-order valence-electron chi connectivity index (χ4n) is 7.24. The summed E-state index contributed by atoms with van der Waals surface area (Å²) >= 11 is 0. The molecule has 2 aliphatic rings. The van der Waals surface area contributed by atoms with E-state index in [0.717, 1.165) is 60.8 Å². The first-order valence-electron chi connectivity index (χ1n) is 17.2.